The minimum absolute atomic E-state index is 0.175. The first kappa shape index (κ1) is 12.4. The van der Waals surface area contributed by atoms with Gasteiger partial charge in [0, 0.05) is 14.2 Å². The molecule has 6 heteroatoms. The number of thiophene rings is 1. The summed E-state index contributed by atoms with van der Waals surface area (Å²) in [6.45, 7) is 0.307. The Balaban J connectivity index is 2.42. The summed E-state index contributed by atoms with van der Waals surface area (Å²) in [6.07, 6.45) is -0.426. The Morgan fingerprint density at radius 2 is 2.20 bits per heavy atom. The first-order valence-electron chi connectivity index (χ1n) is 4.26. The maximum atomic E-state index is 11.5. The zero-order valence-electron chi connectivity index (χ0n) is 8.45. The van der Waals surface area contributed by atoms with Gasteiger partial charge in [0.25, 0.3) is 5.91 Å². The lowest BCUT2D eigenvalue weighted by atomic mass is 10.4. The summed E-state index contributed by atoms with van der Waals surface area (Å²) in [5.74, 6) is -0.175. The fourth-order valence-corrected chi connectivity index (χ4v) is 1.92. The molecule has 0 atom stereocenters. The minimum atomic E-state index is -0.426. The topological polar surface area (TPSA) is 47.6 Å². The molecule has 0 aliphatic heterocycles. The van der Waals surface area contributed by atoms with Gasteiger partial charge in [-0.15, -0.1) is 11.3 Å². The second kappa shape index (κ2) is 6.07. The summed E-state index contributed by atoms with van der Waals surface area (Å²) in [7, 11) is 3.03. The molecule has 0 aliphatic rings. The summed E-state index contributed by atoms with van der Waals surface area (Å²) in [5.41, 5.74) is 0. The maximum Gasteiger partial charge on any atom is 0.261 e. The van der Waals surface area contributed by atoms with Crippen LogP contribution in [0.25, 0.3) is 0 Å². The van der Waals surface area contributed by atoms with Gasteiger partial charge >= 0.3 is 0 Å². The number of carbonyl (C=O) groups is 1. The van der Waals surface area contributed by atoms with Crippen molar-refractivity contribution in [1.82, 2.24) is 5.32 Å². The predicted molar refractivity (Wildman–Crippen MR) is 59.5 cm³/mol. The summed E-state index contributed by atoms with van der Waals surface area (Å²) in [5, 5.41) is 2.68. The predicted octanol–water partition coefficient (Wildman–Crippen LogP) is 1.75. The number of carbonyl (C=O) groups excluding carboxylic acids is 1. The SMILES string of the molecule is COC(CNC(=O)c1ccc(Cl)s1)OC. The van der Waals surface area contributed by atoms with E-state index in [1.165, 1.54) is 25.6 Å². The van der Waals surface area contributed by atoms with Crippen LogP contribution in [0.4, 0.5) is 0 Å². The molecule has 4 nitrogen and oxygen atoms in total. The molecule has 0 radical (unpaired) electrons. The highest BCUT2D eigenvalue weighted by Gasteiger charge is 2.11. The number of ether oxygens (including phenoxy) is 2. The van der Waals surface area contributed by atoms with Gasteiger partial charge in [0.1, 0.15) is 0 Å². The van der Waals surface area contributed by atoms with Gasteiger partial charge in [-0.05, 0) is 12.1 Å². The van der Waals surface area contributed by atoms with E-state index in [1.807, 2.05) is 0 Å². The van der Waals surface area contributed by atoms with Crippen LogP contribution >= 0.6 is 22.9 Å². The fraction of sp³-hybridized carbons (Fsp3) is 0.444. The van der Waals surface area contributed by atoms with Crippen LogP contribution in [0.2, 0.25) is 4.34 Å². The highest BCUT2D eigenvalue weighted by atomic mass is 35.5. The molecule has 1 heterocycles. The van der Waals surface area contributed by atoms with Crippen molar-refractivity contribution < 1.29 is 14.3 Å². The first-order valence-corrected chi connectivity index (χ1v) is 5.46. The van der Waals surface area contributed by atoms with Gasteiger partial charge in [0.2, 0.25) is 0 Å². The molecule has 15 heavy (non-hydrogen) atoms. The number of nitrogens with one attached hydrogen (secondary N) is 1. The van der Waals surface area contributed by atoms with Crippen molar-refractivity contribution in [2.75, 3.05) is 20.8 Å². The van der Waals surface area contributed by atoms with E-state index in [4.69, 9.17) is 21.1 Å². The third-order valence-corrected chi connectivity index (χ3v) is 2.98. The van der Waals surface area contributed by atoms with E-state index in [0.29, 0.717) is 15.8 Å². The van der Waals surface area contributed by atoms with E-state index < -0.39 is 6.29 Å². The fourth-order valence-electron chi connectivity index (χ4n) is 0.962. The standard InChI is InChI=1S/C9H12ClNO3S/c1-13-8(14-2)5-11-9(12)6-3-4-7(10)15-6/h3-4,8H,5H2,1-2H3,(H,11,12). The Bertz CT molecular complexity index is 325. The lowest BCUT2D eigenvalue weighted by Gasteiger charge is -2.13. The second-order valence-electron chi connectivity index (χ2n) is 2.71. The van der Waals surface area contributed by atoms with E-state index in [-0.39, 0.29) is 5.91 Å². The van der Waals surface area contributed by atoms with E-state index in [2.05, 4.69) is 5.32 Å². The average molecular weight is 250 g/mol. The van der Waals surface area contributed by atoms with Crippen LogP contribution in [0.3, 0.4) is 0 Å². The summed E-state index contributed by atoms with van der Waals surface area (Å²) in [4.78, 5) is 12.1. The Hall–Kier alpha value is -0.620. The van der Waals surface area contributed by atoms with Gasteiger partial charge in [-0.2, -0.15) is 0 Å². The van der Waals surface area contributed by atoms with Gasteiger partial charge in [0.05, 0.1) is 15.8 Å². The molecule has 0 bridgehead atoms. The Morgan fingerprint density at radius 3 is 2.67 bits per heavy atom. The quantitative estimate of drug-likeness (QED) is 0.809. The number of methoxy groups -OCH3 is 2. The normalized spacial score (nSPS) is 10.7. The number of hydrogen-bond donors (Lipinski definition) is 1. The molecule has 1 rings (SSSR count). The van der Waals surface area contributed by atoms with Crippen molar-refractivity contribution in [2.45, 2.75) is 6.29 Å². The molecule has 84 valence electrons. The third-order valence-electron chi connectivity index (χ3n) is 1.75. The molecule has 0 saturated heterocycles. The highest BCUT2D eigenvalue weighted by Crippen LogP contribution is 2.20. The van der Waals surface area contributed by atoms with Crippen LogP contribution in [-0.2, 0) is 9.47 Å². The van der Waals surface area contributed by atoms with Gasteiger partial charge < -0.3 is 14.8 Å². The van der Waals surface area contributed by atoms with Crippen LogP contribution in [0.5, 0.6) is 0 Å². The smallest absolute Gasteiger partial charge is 0.261 e. The minimum Gasteiger partial charge on any atom is -0.354 e. The van der Waals surface area contributed by atoms with Crippen molar-refractivity contribution in [3.8, 4) is 0 Å². The van der Waals surface area contributed by atoms with Crippen molar-refractivity contribution in [1.29, 1.82) is 0 Å². The van der Waals surface area contributed by atoms with Gasteiger partial charge in [-0.3, -0.25) is 4.79 Å². The molecule has 0 fully saturated rings. The average Bonchev–Trinajstić information content (AvgIpc) is 2.66. The third kappa shape index (κ3) is 3.79. The maximum absolute atomic E-state index is 11.5. The molecule has 1 aromatic heterocycles. The number of hydrogen-bond acceptors (Lipinski definition) is 4. The van der Waals surface area contributed by atoms with Crippen LogP contribution in [0, 0.1) is 0 Å². The van der Waals surface area contributed by atoms with Gasteiger partial charge in [-0.25, -0.2) is 0 Å². The van der Waals surface area contributed by atoms with E-state index >= 15 is 0 Å². The molecule has 1 amide bonds. The van der Waals surface area contributed by atoms with Crippen LogP contribution in [-0.4, -0.2) is 33.0 Å². The second-order valence-corrected chi connectivity index (χ2v) is 4.43. The van der Waals surface area contributed by atoms with Crippen molar-refractivity contribution in [3.05, 3.63) is 21.3 Å². The van der Waals surface area contributed by atoms with E-state index in [0.717, 1.165) is 0 Å². The molecule has 0 unspecified atom stereocenters. The molecule has 1 N–H and O–H groups in total. The van der Waals surface area contributed by atoms with Gasteiger partial charge in [0.15, 0.2) is 6.29 Å². The van der Waals surface area contributed by atoms with Gasteiger partial charge in [-0.1, -0.05) is 11.6 Å². The lowest BCUT2D eigenvalue weighted by molar-refractivity contribution is -0.0974. The molecule has 0 aliphatic carbocycles. The zero-order chi connectivity index (χ0) is 11.3. The molecule has 1 aromatic rings. The number of amides is 1. The molecule has 0 spiro atoms. The van der Waals surface area contributed by atoms with Crippen molar-refractivity contribution in [2.24, 2.45) is 0 Å². The van der Waals surface area contributed by atoms with Crippen LogP contribution in [0.1, 0.15) is 9.67 Å². The molecular formula is C9H12ClNO3S. The number of rotatable bonds is 5. The Labute approximate surface area is 97.1 Å². The summed E-state index contributed by atoms with van der Waals surface area (Å²) in [6, 6.07) is 3.36. The summed E-state index contributed by atoms with van der Waals surface area (Å²) >= 11 is 6.95. The summed E-state index contributed by atoms with van der Waals surface area (Å²) < 4.78 is 10.5. The monoisotopic (exact) mass is 249 g/mol. The largest absolute Gasteiger partial charge is 0.354 e. The van der Waals surface area contributed by atoms with Crippen molar-refractivity contribution in [3.63, 3.8) is 0 Å². The van der Waals surface area contributed by atoms with Crippen LogP contribution < -0.4 is 5.32 Å². The highest BCUT2D eigenvalue weighted by molar-refractivity contribution is 7.17. The Kier molecular flexibility index (Phi) is 5.04. The lowest BCUT2D eigenvalue weighted by Crippen LogP contribution is -2.33. The van der Waals surface area contributed by atoms with E-state index in [1.54, 1.807) is 12.1 Å². The zero-order valence-corrected chi connectivity index (χ0v) is 10.0. The van der Waals surface area contributed by atoms with Crippen molar-refractivity contribution >= 4 is 28.8 Å². The molecular weight excluding hydrogens is 238 g/mol. The Morgan fingerprint density at radius 1 is 1.53 bits per heavy atom. The van der Waals surface area contributed by atoms with E-state index in [9.17, 15) is 4.79 Å². The molecule has 0 aromatic carbocycles. The first-order chi connectivity index (χ1) is 7.17. The molecule has 0 saturated carbocycles. The van der Waals surface area contributed by atoms with Crippen LogP contribution in [0.15, 0.2) is 12.1 Å². The number of halogens is 1.